The Morgan fingerprint density at radius 1 is 1.05 bits per heavy atom. The lowest BCUT2D eigenvalue weighted by molar-refractivity contribution is 0.546. The summed E-state index contributed by atoms with van der Waals surface area (Å²) < 4.78 is 0. The fourth-order valence-electron chi connectivity index (χ4n) is 1.77. The largest absolute Gasteiger partial charge is 0.373 e. The van der Waals surface area contributed by atoms with Crippen LogP contribution in [-0.2, 0) is 5.41 Å². The standard InChI is InChI=1S/C15H28N4/c1-6-7-8-9-10-17-13-11-12(16-5)18-14(19-13)15(2,3)4/h11H,6-10H2,1-5H3,(H2,16,17,18,19). The van der Waals surface area contributed by atoms with Crippen molar-refractivity contribution in [3.05, 3.63) is 11.9 Å². The van der Waals surface area contributed by atoms with Crippen molar-refractivity contribution in [1.29, 1.82) is 0 Å². The summed E-state index contributed by atoms with van der Waals surface area (Å²) in [5.74, 6) is 2.66. The predicted octanol–water partition coefficient (Wildman–Crippen LogP) is 3.81. The molecule has 19 heavy (non-hydrogen) atoms. The number of anilines is 2. The minimum atomic E-state index is -0.0362. The number of unbranched alkanes of at least 4 members (excludes halogenated alkanes) is 3. The van der Waals surface area contributed by atoms with Gasteiger partial charge < -0.3 is 10.6 Å². The SMILES string of the molecule is CCCCCCNc1cc(NC)nc(C(C)(C)C)n1. The normalized spacial score (nSPS) is 11.4. The number of hydrogen-bond acceptors (Lipinski definition) is 4. The number of rotatable bonds is 7. The molecule has 1 aromatic rings. The summed E-state index contributed by atoms with van der Waals surface area (Å²) in [7, 11) is 1.89. The van der Waals surface area contributed by atoms with Crippen molar-refractivity contribution in [1.82, 2.24) is 9.97 Å². The van der Waals surface area contributed by atoms with Gasteiger partial charge in [-0.05, 0) is 6.42 Å². The third-order valence-electron chi connectivity index (χ3n) is 2.99. The summed E-state index contributed by atoms with van der Waals surface area (Å²) in [5.41, 5.74) is -0.0362. The highest BCUT2D eigenvalue weighted by Crippen LogP contribution is 2.22. The van der Waals surface area contributed by atoms with Gasteiger partial charge in [-0.1, -0.05) is 47.0 Å². The van der Waals surface area contributed by atoms with E-state index in [1.54, 1.807) is 0 Å². The molecule has 4 heteroatoms. The molecular weight excluding hydrogens is 236 g/mol. The van der Waals surface area contributed by atoms with Crippen molar-refractivity contribution in [2.45, 2.75) is 58.8 Å². The zero-order chi connectivity index (χ0) is 14.3. The Morgan fingerprint density at radius 3 is 2.32 bits per heavy atom. The lowest BCUT2D eigenvalue weighted by Gasteiger charge is -2.18. The van der Waals surface area contributed by atoms with E-state index in [0.717, 1.165) is 24.0 Å². The van der Waals surface area contributed by atoms with Gasteiger partial charge in [0.2, 0.25) is 0 Å². The summed E-state index contributed by atoms with van der Waals surface area (Å²) in [4.78, 5) is 9.13. The van der Waals surface area contributed by atoms with E-state index >= 15 is 0 Å². The molecule has 0 saturated carbocycles. The minimum absolute atomic E-state index is 0.0362. The molecule has 0 unspecified atom stereocenters. The van der Waals surface area contributed by atoms with E-state index < -0.39 is 0 Å². The molecule has 108 valence electrons. The van der Waals surface area contributed by atoms with Gasteiger partial charge in [0.15, 0.2) is 0 Å². The van der Waals surface area contributed by atoms with Crippen molar-refractivity contribution in [2.75, 3.05) is 24.2 Å². The molecule has 1 rings (SSSR count). The summed E-state index contributed by atoms with van der Waals surface area (Å²) in [6.45, 7) is 9.60. The topological polar surface area (TPSA) is 49.8 Å². The molecule has 0 radical (unpaired) electrons. The molecule has 1 heterocycles. The molecule has 0 aromatic carbocycles. The zero-order valence-electron chi connectivity index (χ0n) is 13.0. The van der Waals surface area contributed by atoms with E-state index in [0.29, 0.717) is 0 Å². The Balaban J connectivity index is 2.67. The summed E-state index contributed by atoms with van der Waals surface area (Å²) in [5, 5.41) is 6.50. The Labute approximate surface area is 117 Å². The number of aromatic nitrogens is 2. The first-order chi connectivity index (χ1) is 8.97. The fraction of sp³-hybridized carbons (Fsp3) is 0.733. The van der Waals surface area contributed by atoms with Crippen molar-refractivity contribution < 1.29 is 0 Å². The quantitative estimate of drug-likeness (QED) is 0.735. The van der Waals surface area contributed by atoms with Crippen LogP contribution in [0.2, 0.25) is 0 Å². The highest BCUT2D eigenvalue weighted by Gasteiger charge is 2.18. The lowest BCUT2D eigenvalue weighted by atomic mass is 9.96. The maximum absolute atomic E-state index is 4.61. The van der Waals surface area contributed by atoms with Gasteiger partial charge in [0.05, 0.1) is 0 Å². The molecule has 0 aliphatic rings. The first-order valence-electron chi connectivity index (χ1n) is 7.28. The van der Waals surface area contributed by atoms with Crippen LogP contribution in [0, 0.1) is 0 Å². The average Bonchev–Trinajstić information content (AvgIpc) is 2.37. The van der Waals surface area contributed by atoms with Crippen molar-refractivity contribution in [3.8, 4) is 0 Å². The van der Waals surface area contributed by atoms with Gasteiger partial charge in [-0.2, -0.15) is 0 Å². The van der Waals surface area contributed by atoms with Crippen LogP contribution in [0.4, 0.5) is 11.6 Å². The van der Waals surface area contributed by atoms with Crippen molar-refractivity contribution >= 4 is 11.6 Å². The van der Waals surface area contributed by atoms with Crippen LogP contribution in [0.3, 0.4) is 0 Å². The van der Waals surface area contributed by atoms with Gasteiger partial charge in [-0.15, -0.1) is 0 Å². The highest BCUT2D eigenvalue weighted by atomic mass is 15.1. The molecule has 4 nitrogen and oxygen atoms in total. The second-order valence-electron chi connectivity index (χ2n) is 5.95. The summed E-state index contributed by atoms with van der Waals surface area (Å²) in [6.07, 6.45) is 5.04. The summed E-state index contributed by atoms with van der Waals surface area (Å²) >= 11 is 0. The molecule has 0 aliphatic carbocycles. The second-order valence-corrected chi connectivity index (χ2v) is 5.95. The molecule has 0 spiro atoms. The molecule has 0 atom stereocenters. The maximum Gasteiger partial charge on any atom is 0.138 e. The zero-order valence-corrected chi connectivity index (χ0v) is 13.0. The van der Waals surface area contributed by atoms with Crippen LogP contribution in [0.25, 0.3) is 0 Å². The molecule has 0 saturated heterocycles. The van der Waals surface area contributed by atoms with Gasteiger partial charge in [-0.25, -0.2) is 9.97 Å². The van der Waals surface area contributed by atoms with Crippen LogP contribution in [0.15, 0.2) is 6.07 Å². The minimum Gasteiger partial charge on any atom is -0.373 e. The third-order valence-corrected chi connectivity index (χ3v) is 2.99. The van der Waals surface area contributed by atoms with E-state index in [4.69, 9.17) is 0 Å². The molecule has 0 aliphatic heterocycles. The van der Waals surface area contributed by atoms with E-state index in [-0.39, 0.29) is 5.41 Å². The van der Waals surface area contributed by atoms with Gasteiger partial charge in [0.1, 0.15) is 17.5 Å². The van der Waals surface area contributed by atoms with Crippen LogP contribution in [0.5, 0.6) is 0 Å². The van der Waals surface area contributed by atoms with Gasteiger partial charge in [0, 0.05) is 25.1 Å². The Bertz CT molecular complexity index is 382. The predicted molar refractivity (Wildman–Crippen MR) is 82.9 cm³/mol. The van der Waals surface area contributed by atoms with E-state index in [9.17, 15) is 0 Å². The first kappa shape index (κ1) is 15.7. The van der Waals surface area contributed by atoms with Gasteiger partial charge >= 0.3 is 0 Å². The van der Waals surface area contributed by atoms with Crippen molar-refractivity contribution in [2.24, 2.45) is 0 Å². The first-order valence-corrected chi connectivity index (χ1v) is 7.28. The summed E-state index contributed by atoms with van der Waals surface area (Å²) in [6, 6.07) is 1.97. The van der Waals surface area contributed by atoms with Crippen LogP contribution >= 0.6 is 0 Å². The number of hydrogen-bond donors (Lipinski definition) is 2. The number of nitrogens with one attached hydrogen (secondary N) is 2. The fourth-order valence-corrected chi connectivity index (χ4v) is 1.77. The van der Waals surface area contributed by atoms with E-state index in [1.807, 2.05) is 13.1 Å². The smallest absolute Gasteiger partial charge is 0.138 e. The monoisotopic (exact) mass is 264 g/mol. The average molecular weight is 264 g/mol. The molecule has 1 aromatic heterocycles. The molecule has 0 fully saturated rings. The molecular formula is C15H28N4. The Hall–Kier alpha value is -1.32. The maximum atomic E-state index is 4.61. The molecule has 0 amide bonds. The highest BCUT2D eigenvalue weighted by molar-refractivity contribution is 5.47. The van der Waals surface area contributed by atoms with E-state index in [2.05, 4.69) is 48.3 Å². The van der Waals surface area contributed by atoms with Crippen molar-refractivity contribution in [3.63, 3.8) is 0 Å². The molecule has 2 N–H and O–H groups in total. The van der Waals surface area contributed by atoms with Crippen LogP contribution < -0.4 is 10.6 Å². The van der Waals surface area contributed by atoms with Crippen LogP contribution in [0.1, 0.15) is 59.2 Å². The second kappa shape index (κ2) is 7.31. The van der Waals surface area contributed by atoms with Crippen LogP contribution in [-0.4, -0.2) is 23.6 Å². The van der Waals surface area contributed by atoms with E-state index in [1.165, 1.54) is 25.7 Å². The Morgan fingerprint density at radius 2 is 1.74 bits per heavy atom. The number of nitrogens with zero attached hydrogens (tertiary/aromatic N) is 2. The van der Waals surface area contributed by atoms with Gasteiger partial charge in [0.25, 0.3) is 0 Å². The Kier molecular flexibility index (Phi) is 6.06. The lowest BCUT2D eigenvalue weighted by Crippen LogP contribution is -2.18. The third kappa shape index (κ3) is 5.45. The van der Waals surface area contributed by atoms with Gasteiger partial charge in [-0.3, -0.25) is 0 Å². The molecule has 0 bridgehead atoms.